The van der Waals surface area contributed by atoms with E-state index >= 15 is 0 Å². The van der Waals surface area contributed by atoms with Gasteiger partial charge < -0.3 is 9.15 Å². The molecule has 3 heterocycles. The number of nitro groups is 1. The van der Waals surface area contributed by atoms with Gasteiger partial charge in [0.1, 0.15) is 11.5 Å². The molecule has 0 N–H and O–H groups in total. The lowest BCUT2D eigenvalue weighted by molar-refractivity contribution is -0.384. The molecule has 1 aliphatic rings. The van der Waals surface area contributed by atoms with E-state index in [1.54, 1.807) is 61.5 Å². The summed E-state index contributed by atoms with van der Waals surface area (Å²) in [6.07, 6.45) is 1.62. The largest absolute Gasteiger partial charge is 0.463 e. The van der Waals surface area contributed by atoms with Gasteiger partial charge in [0.2, 0.25) is 0 Å². The van der Waals surface area contributed by atoms with E-state index in [9.17, 15) is 19.7 Å². The normalized spacial score (nSPS) is 14.7. The number of nitro benzene ring substituents is 1. The van der Waals surface area contributed by atoms with Crippen molar-refractivity contribution < 1.29 is 18.9 Å². The highest BCUT2D eigenvalue weighted by Gasteiger charge is 2.35. The maximum Gasteiger partial charge on any atom is 0.338 e. The molecule has 0 saturated heterocycles. The van der Waals surface area contributed by atoms with Crippen LogP contribution in [0.25, 0.3) is 23.1 Å². The highest BCUT2D eigenvalue weighted by Crippen LogP contribution is 2.35. The molecule has 0 aliphatic carbocycles. The van der Waals surface area contributed by atoms with E-state index in [1.165, 1.54) is 28.0 Å². The smallest absolute Gasteiger partial charge is 0.338 e. The summed E-state index contributed by atoms with van der Waals surface area (Å²) >= 11 is 7.36. The first-order chi connectivity index (χ1) is 20.8. The average Bonchev–Trinajstić information content (AvgIpc) is 3.61. The van der Waals surface area contributed by atoms with Crippen LogP contribution in [0.1, 0.15) is 29.9 Å². The molecule has 1 atom stereocenters. The lowest BCUT2D eigenvalue weighted by Gasteiger charge is -2.25. The number of hydrogen-bond acceptors (Lipinski definition) is 8. The third kappa shape index (κ3) is 5.45. The summed E-state index contributed by atoms with van der Waals surface area (Å²) in [6.45, 7) is 1.87. The number of non-ortho nitro benzene ring substituents is 1. The van der Waals surface area contributed by atoms with Crippen LogP contribution < -0.4 is 14.9 Å². The quantitative estimate of drug-likeness (QED) is 0.131. The number of carbonyl (C=O) groups excluding carboxylic acids is 1. The van der Waals surface area contributed by atoms with Gasteiger partial charge in [-0.2, -0.15) is 0 Å². The fourth-order valence-electron chi connectivity index (χ4n) is 4.86. The third-order valence-electron chi connectivity index (χ3n) is 6.82. The van der Waals surface area contributed by atoms with Crippen molar-refractivity contribution in [3.63, 3.8) is 0 Å². The van der Waals surface area contributed by atoms with Gasteiger partial charge >= 0.3 is 5.97 Å². The van der Waals surface area contributed by atoms with Crippen molar-refractivity contribution in [3.8, 4) is 11.3 Å². The second-order valence-electron chi connectivity index (χ2n) is 9.49. The van der Waals surface area contributed by atoms with Crippen LogP contribution in [0.5, 0.6) is 0 Å². The van der Waals surface area contributed by atoms with Crippen LogP contribution >= 0.6 is 22.9 Å². The number of esters is 1. The second-order valence-corrected chi connectivity index (χ2v) is 10.9. The van der Waals surface area contributed by atoms with Gasteiger partial charge in [-0.1, -0.05) is 65.4 Å². The summed E-state index contributed by atoms with van der Waals surface area (Å²) in [7, 11) is 0. The number of thiazole rings is 1. The molecule has 6 rings (SSSR count). The number of aromatic nitrogens is 1. The van der Waals surface area contributed by atoms with E-state index in [2.05, 4.69) is 0 Å². The number of halogens is 1. The Morgan fingerprint density at radius 2 is 1.77 bits per heavy atom. The molecule has 0 fully saturated rings. The number of ether oxygens (including phenoxy) is 1. The SMILES string of the molecule is CCOC(=O)C1=C(c2ccccc2)N=c2s/c(=C\c3ccc(-c4ccc([N+](=O)[O-])cc4)o3)c(=O)n2C1c1ccc(Cl)cc1. The minimum atomic E-state index is -0.822. The van der Waals surface area contributed by atoms with Crippen molar-refractivity contribution in [2.45, 2.75) is 13.0 Å². The number of hydrogen-bond donors (Lipinski definition) is 0. The van der Waals surface area contributed by atoms with Crippen LogP contribution in [0.3, 0.4) is 0 Å². The first-order valence-electron chi connectivity index (χ1n) is 13.2. The molecule has 0 spiro atoms. The maximum absolute atomic E-state index is 14.0. The van der Waals surface area contributed by atoms with E-state index in [0.717, 1.165) is 0 Å². The van der Waals surface area contributed by atoms with E-state index in [0.29, 0.717) is 48.3 Å². The Kier molecular flexibility index (Phi) is 7.62. The molecule has 1 aliphatic heterocycles. The zero-order valence-corrected chi connectivity index (χ0v) is 24.2. The average molecular weight is 612 g/mol. The zero-order valence-electron chi connectivity index (χ0n) is 22.6. The Balaban J connectivity index is 1.52. The molecule has 9 nitrogen and oxygen atoms in total. The number of nitrogens with zero attached hydrogens (tertiary/aromatic N) is 3. The third-order valence-corrected chi connectivity index (χ3v) is 8.06. The lowest BCUT2D eigenvalue weighted by atomic mass is 9.93. The van der Waals surface area contributed by atoms with Gasteiger partial charge in [0, 0.05) is 34.4 Å². The van der Waals surface area contributed by atoms with Crippen molar-refractivity contribution >= 4 is 46.4 Å². The summed E-state index contributed by atoms with van der Waals surface area (Å²) in [5, 5.41) is 11.5. The van der Waals surface area contributed by atoms with Crippen molar-refractivity contribution in [3.05, 3.63) is 148 Å². The van der Waals surface area contributed by atoms with Gasteiger partial charge in [0.15, 0.2) is 4.80 Å². The number of rotatable bonds is 7. The Hall–Kier alpha value is -5.06. The Labute approximate surface area is 253 Å². The maximum atomic E-state index is 14.0. The highest BCUT2D eigenvalue weighted by atomic mass is 35.5. The number of carbonyl (C=O) groups is 1. The monoisotopic (exact) mass is 611 g/mol. The van der Waals surface area contributed by atoms with Crippen molar-refractivity contribution in [2.24, 2.45) is 4.99 Å². The van der Waals surface area contributed by atoms with E-state index in [1.807, 2.05) is 30.3 Å². The number of benzene rings is 3. The second kappa shape index (κ2) is 11.7. The first kappa shape index (κ1) is 28.1. The molecule has 0 saturated carbocycles. The standard InChI is InChI=1S/C32H22ClN3O6S/c1-2-41-31(38)27-28(20-6-4-3-5-7-20)34-32-35(29(27)21-8-12-22(33)13-9-21)30(37)26(43-32)18-24-16-17-25(42-24)19-10-14-23(15-11-19)36(39)40/h3-18,29H,2H2,1H3/b26-18-. The minimum absolute atomic E-state index is 0.0241. The molecule has 11 heteroatoms. The highest BCUT2D eigenvalue weighted by molar-refractivity contribution is 7.07. The Bertz CT molecular complexity index is 2060. The van der Waals surface area contributed by atoms with Crippen LogP contribution in [0.4, 0.5) is 5.69 Å². The Morgan fingerprint density at radius 3 is 2.44 bits per heavy atom. The summed E-state index contributed by atoms with van der Waals surface area (Å²) in [5.74, 6) is 0.330. The fourth-order valence-corrected chi connectivity index (χ4v) is 5.97. The predicted octanol–water partition coefficient (Wildman–Crippen LogP) is 5.76. The van der Waals surface area contributed by atoms with Gasteiger partial charge in [-0.15, -0.1) is 0 Å². The summed E-state index contributed by atoms with van der Waals surface area (Å²) in [5.41, 5.74) is 2.32. The van der Waals surface area contributed by atoms with Gasteiger partial charge in [0.25, 0.3) is 11.2 Å². The van der Waals surface area contributed by atoms with Crippen LogP contribution in [-0.4, -0.2) is 22.1 Å². The van der Waals surface area contributed by atoms with Gasteiger partial charge in [-0.3, -0.25) is 19.5 Å². The summed E-state index contributed by atoms with van der Waals surface area (Å²) in [6, 6.07) is 24.9. The Morgan fingerprint density at radius 1 is 1.05 bits per heavy atom. The topological polar surface area (TPSA) is 117 Å². The van der Waals surface area contributed by atoms with Crippen LogP contribution in [0, 0.1) is 10.1 Å². The van der Waals surface area contributed by atoms with Gasteiger partial charge in [0.05, 0.1) is 33.4 Å². The molecule has 0 radical (unpaired) electrons. The van der Waals surface area contributed by atoms with Crippen molar-refractivity contribution in [2.75, 3.05) is 6.61 Å². The van der Waals surface area contributed by atoms with E-state index < -0.39 is 16.9 Å². The first-order valence-corrected chi connectivity index (χ1v) is 14.4. The lowest BCUT2D eigenvalue weighted by Crippen LogP contribution is -2.39. The zero-order chi connectivity index (χ0) is 30.1. The molecule has 0 amide bonds. The molecule has 1 unspecified atom stereocenters. The molecule has 214 valence electrons. The predicted molar refractivity (Wildman–Crippen MR) is 163 cm³/mol. The van der Waals surface area contributed by atoms with Gasteiger partial charge in [-0.05, 0) is 48.9 Å². The molecule has 2 aromatic heterocycles. The molecule has 0 bridgehead atoms. The number of furan rings is 1. The van der Waals surface area contributed by atoms with E-state index in [-0.39, 0.29) is 23.4 Å². The fraction of sp³-hybridized carbons (Fsp3) is 0.0938. The molecular formula is C32H22ClN3O6S. The van der Waals surface area contributed by atoms with Crippen molar-refractivity contribution in [1.82, 2.24) is 4.57 Å². The van der Waals surface area contributed by atoms with Crippen LogP contribution in [-0.2, 0) is 9.53 Å². The minimum Gasteiger partial charge on any atom is -0.463 e. The summed E-state index contributed by atoms with van der Waals surface area (Å²) in [4.78, 5) is 43.3. The van der Waals surface area contributed by atoms with Crippen LogP contribution in [0.15, 0.2) is 111 Å². The summed E-state index contributed by atoms with van der Waals surface area (Å²) < 4.78 is 13.3. The van der Waals surface area contributed by atoms with Crippen LogP contribution in [0.2, 0.25) is 5.02 Å². The van der Waals surface area contributed by atoms with Crippen molar-refractivity contribution in [1.29, 1.82) is 0 Å². The molecule has 5 aromatic rings. The van der Waals surface area contributed by atoms with E-state index in [4.69, 9.17) is 25.7 Å². The molecular weight excluding hydrogens is 590 g/mol. The van der Waals surface area contributed by atoms with Gasteiger partial charge in [-0.25, -0.2) is 9.79 Å². The molecule has 3 aromatic carbocycles. The molecule has 43 heavy (non-hydrogen) atoms. The number of fused-ring (bicyclic) bond motifs is 1.